The Morgan fingerprint density at radius 1 is 0.870 bits per heavy atom. The summed E-state index contributed by atoms with van der Waals surface area (Å²) in [6.07, 6.45) is 1.89. The third-order valence-corrected chi connectivity index (χ3v) is 11.3. The lowest BCUT2D eigenvalue weighted by Crippen LogP contribution is -2.50. The minimum absolute atomic E-state index is 0.112. The molecule has 54 heavy (non-hydrogen) atoms. The molecule has 0 radical (unpaired) electrons. The number of carbonyl (C=O) groups is 2. The number of nitrogens with zero attached hydrogens (tertiary/aromatic N) is 4. The van der Waals surface area contributed by atoms with Gasteiger partial charge < -0.3 is 30.6 Å². The second-order valence-electron chi connectivity index (χ2n) is 15.1. The van der Waals surface area contributed by atoms with Crippen LogP contribution >= 0.6 is 0 Å². The number of amides is 2. The fraction of sp³-hybridized carbons (Fsp3) is 0.548. The lowest BCUT2D eigenvalue weighted by molar-refractivity contribution is -0.122. The van der Waals surface area contributed by atoms with Crippen LogP contribution in [0.5, 0.6) is 0 Å². The number of rotatable bonds is 14. The first-order valence-corrected chi connectivity index (χ1v) is 19.9. The molecule has 3 saturated heterocycles. The number of aryl methyl sites for hydroxylation is 2. The van der Waals surface area contributed by atoms with Crippen LogP contribution in [0.15, 0.2) is 47.3 Å². The number of H-pyrrole nitrogens is 1. The Morgan fingerprint density at radius 2 is 1.57 bits per heavy atom. The van der Waals surface area contributed by atoms with E-state index in [1.165, 1.54) is 5.56 Å². The Labute approximate surface area is 320 Å². The van der Waals surface area contributed by atoms with Gasteiger partial charge in [-0.2, -0.15) is 0 Å². The number of hydrogen-bond donors (Lipinski definition) is 4. The quantitative estimate of drug-likeness (QED) is 0.198. The van der Waals surface area contributed by atoms with Gasteiger partial charge in [-0.05, 0) is 86.6 Å². The molecule has 4 N–H and O–H groups in total. The van der Waals surface area contributed by atoms with E-state index in [0.29, 0.717) is 30.3 Å². The van der Waals surface area contributed by atoms with Crippen LogP contribution in [0.1, 0.15) is 58.1 Å². The molecule has 2 amide bonds. The normalized spacial score (nSPS) is 17.7. The topological polar surface area (TPSA) is 125 Å². The zero-order valence-corrected chi connectivity index (χ0v) is 32.8. The second kappa shape index (κ2) is 19.0. The van der Waals surface area contributed by atoms with Crippen molar-refractivity contribution in [2.45, 2.75) is 59.7 Å². The Morgan fingerprint density at radius 3 is 2.26 bits per heavy atom. The fourth-order valence-corrected chi connectivity index (χ4v) is 8.10. The molecular formula is C42H60N8O4. The minimum atomic E-state index is -0.193. The van der Waals surface area contributed by atoms with Crippen molar-refractivity contribution >= 4 is 17.5 Å². The Kier molecular flexibility index (Phi) is 13.9. The molecule has 292 valence electrons. The molecule has 0 saturated carbocycles. The number of benzene rings is 2. The number of nitrogens with one attached hydrogen (secondary N) is 4. The summed E-state index contributed by atoms with van der Waals surface area (Å²) in [5.41, 5.74) is 7.95. The lowest BCUT2D eigenvalue weighted by Gasteiger charge is -2.37. The van der Waals surface area contributed by atoms with Gasteiger partial charge >= 0.3 is 0 Å². The first kappa shape index (κ1) is 39.6. The van der Waals surface area contributed by atoms with Crippen LogP contribution in [-0.2, 0) is 22.6 Å². The maximum Gasteiger partial charge on any atom is 0.253 e. The number of aromatic amines is 1. The maximum absolute atomic E-state index is 13.9. The van der Waals surface area contributed by atoms with Crippen molar-refractivity contribution in [2.75, 3.05) is 96.7 Å². The standard InChI is InChI=1S/C42H60N8O4/c1-5-50(36-10-22-54-23-11-36)39-26-35(25-37(32(39)4)41(52)45-27-38-30(2)24-31(3)46-42(38)53)34-8-6-33(7-9-34)28-48-18-20-49(21-19-48)29-40(51)44-14-17-47-15-12-43-13-16-47/h6-9,24-26,36,43H,5,10-23,27-29H2,1-4H3,(H,44,51)(H,45,52)(H,46,53). The first-order valence-electron chi connectivity index (χ1n) is 19.9. The smallest absolute Gasteiger partial charge is 0.253 e. The molecule has 0 spiro atoms. The molecule has 12 heteroatoms. The van der Waals surface area contributed by atoms with E-state index >= 15 is 0 Å². The molecule has 0 bridgehead atoms. The van der Waals surface area contributed by atoms with E-state index in [9.17, 15) is 14.4 Å². The van der Waals surface area contributed by atoms with E-state index in [1.54, 1.807) is 0 Å². The van der Waals surface area contributed by atoms with E-state index in [4.69, 9.17) is 4.74 Å². The largest absolute Gasteiger partial charge is 0.381 e. The van der Waals surface area contributed by atoms with Crippen LogP contribution in [-0.4, -0.2) is 129 Å². The highest BCUT2D eigenvalue weighted by Gasteiger charge is 2.25. The van der Waals surface area contributed by atoms with Crippen LogP contribution in [0.4, 0.5) is 5.69 Å². The van der Waals surface area contributed by atoms with Crippen molar-refractivity contribution in [3.8, 4) is 11.1 Å². The Balaban J connectivity index is 1.10. The van der Waals surface area contributed by atoms with Gasteiger partial charge in [0.15, 0.2) is 0 Å². The summed E-state index contributed by atoms with van der Waals surface area (Å²) in [4.78, 5) is 51.6. The van der Waals surface area contributed by atoms with Gasteiger partial charge in [0, 0.05) is 127 Å². The van der Waals surface area contributed by atoms with Gasteiger partial charge in [-0.3, -0.25) is 29.1 Å². The minimum Gasteiger partial charge on any atom is -0.381 e. The fourth-order valence-electron chi connectivity index (χ4n) is 8.10. The van der Waals surface area contributed by atoms with Gasteiger partial charge in [0.1, 0.15) is 0 Å². The van der Waals surface area contributed by atoms with Crippen molar-refractivity contribution in [1.82, 2.24) is 35.6 Å². The van der Waals surface area contributed by atoms with Crippen molar-refractivity contribution in [3.05, 3.63) is 86.3 Å². The Hall–Kier alpha value is -4.07. The zero-order chi connectivity index (χ0) is 38.0. The first-order chi connectivity index (χ1) is 26.2. The van der Waals surface area contributed by atoms with Crippen molar-refractivity contribution in [3.63, 3.8) is 0 Å². The molecule has 6 rings (SSSR count). The highest BCUT2D eigenvalue weighted by atomic mass is 16.5. The van der Waals surface area contributed by atoms with E-state index in [0.717, 1.165) is 132 Å². The number of piperazine rings is 2. The Bertz CT molecular complexity index is 1770. The molecular weight excluding hydrogens is 681 g/mol. The average Bonchev–Trinajstić information content (AvgIpc) is 3.17. The zero-order valence-electron chi connectivity index (χ0n) is 32.8. The maximum atomic E-state index is 13.9. The summed E-state index contributed by atoms with van der Waals surface area (Å²) >= 11 is 0. The number of carbonyl (C=O) groups excluding carboxylic acids is 2. The summed E-state index contributed by atoms with van der Waals surface area (Å²) in [6.45, 7) is 21.1. The van der Waals surface area contributed by atoms with E-state index in [1.807, 2.05) is 32.9 Å². The highest BCUT2D eigenvalue weighted by Crippen LogP contribution is 2.34. The van der Waals surface area contributed by atoms with Crippen molar-refractivity contribution in [2.24, 2.45) is 0 Å². The molecule has 0 aliphatic carbocycles. The predicted molar refractivity (Wildman–Crippen MR) is 215 cm³/mol. The predicted octanol–water partition coefficient (Wildman–Crippen LogP) is 3.04. The van der Waals surface area contributed by atoms with E-state index in [-0.39, 0.29) is 23.9 Å². The van der Waals surface area contributed by atoms with Gasteiger partial charge in [-0.25, -0.2) is 0 Å². The second-order valence-corrected chi connectivity index (χ2v) is 15.1. The summed E-state index contributed by atoms with van der Waals surface area (Å²) in [7, 11) is 0. The van der Waals surface area contributed by atoms with Crippen LogP contribution in [0.3, 0.4) is 0 Å². The highest BCUT2D eigenvalue weighted by molar-refractivity contribution is 5.99. The SMILES string of the molecule is CCN(c1cc(-c2ccc(CN3CCN(CC(=O)NCCN4CCNCC4)CC3)cc2)cc(C(=O)NCc2c(C)cc(C)[nH]c2=O)c1C)C1CCOCC1. The molecule has 3 aromatic rings. The summed E-state index contributed by atoms with van der Waals surface area (Å²) in [6, 6.07) is 15.2. The monoisotopic (exact) mass is 740 g/mol. The molecule has 4 heterocycles. The third kappa shape index (κ3) is 10.4. The average molecular weight is 741 g/mol. The molecule has 12 nitrogen and oxygen atoms in total. The summed E-state index contributed by atoms with van der Waals surface area (Å²) < 4.78 is 5.69. The van der Waals surface area contributed by atoms with Crippen LogP contribution in [0, 0.1) is 20.8 Å². The summed E-state index contributed by atoms with van der Waals surface area (Å²) in [5, 5.41) is 9.53. The molecule has 0 atom stereocenters. The van der Waals surface area contributed by atoms with E-state index in [2.05, 4.69) is 77.8 Å². The van der Waals surface area contributed by atoms with Gasteiger partial charge in [-0.15, -0.1) is 0 Å². The number of ether oxygens (including phenoxy) is 1. The van der Waals surface area contributed by atoms with Crippen LogP contribution in [0.2, 0.25) is 0 Å². The van der Waals surface area contributed by atoms with Gasteiger partial charge in [0.25, 0.3) is 11.5 Å². The molecule has 3 aliphatic heterocycles. The molecule has 3 fully saturated rings. The molecule has 0 unspecified atom stereocenters. The van der Waals surface area contributed by atoms with E-state index < -0.39 is 0 Å². The summed E-state index contributed by atoms with van der Waals surface area (Å²) in [5.74, 6) is -0.0815. The number of hydrogen-bond acceptors (Lipinski definition) is 9. The number of anilines is 1. The van der Waals surface area contributed by atoms with Crippen LogP contribution < -0.4 is 26.4 Å². The number of aromatic nitrogens is 1. The molecule has 3 aliphatic rings. The molecule has 1 aromatic heterocycles. The van der Waals surface area contributed by atoms with Crippen molar-refractivity contribution in [1.29, 1.82) is 0 Å². The number of pyridine rings is 1. The van der Waals surface area contributed by atoms with Gasteiger partial charge in [0.05, 0.1) is 6.54 Å². The molecule has 2 aromatic carbocycles. The van der Waals surface area contributed by atoms with Gasteiger partial charge in [0.2, 0.25) is 5.91 Å². The van der Waals surface area contributed by atoms with Gasteiger partial charge in [-0.1, -0.05) is 24.3 Å². The lowest BCUT2D eigenvalue weighted by atomic mass is 9.94. The van der Waals surface area contributed by atoms with Crippen LogP contribution in [0.25, 0.3) is 11.1 Å². The third-order valence-electron chi connectivity index (χ3n) is 11.3. The van der Waals surface area contributed by atoms with Crippen molar-refractivity contribution < 1.29 is 14.3 Å².